The number of hydrogen-bond acceptors (Lipinski definition) is 4. The Morgan fingerprint density at radius 2 is 2.00 bits per heavy atom. The lowest BCUT2D eigenvalue weighted by molar-refractivity contribution is -0.134. The molecular formula is C17H26N2O3. The summed E-state index contributed by atoms with van der Waals surface area (Å²) in [6, 6.07) is 5.54. The van der Waals surface area contributed by atoms with Gasteiger partial charge >= 0.3 is 0 Å². The SMILES string of the molecule is CCC(C)C(N)C(=O)N(C)C(C)Cc1ccc2c(c1)OCO2. The predicted molar refractivity (Wildman–Crippen MR) is 85.9 cm³/mol. The fourth-order valence-corrected chi connectivity index (χ4v) is 2.50. The number of carbonyl (C=O) groups is 1. The minimum Gasteiger partial charge on any atom is -0.454 e. The maximum atomic E-state index is 12.4. The highest BCUT2D eigenvalue weighted by molar-refractivity contribution is 5.82. The standard InChI is InChI=1S/C17H26N2O3/c1-5-11(2)16(18)17(20)19(4)12(3)8-13-6-7-14-15(9-13)22-10-21-14/h6-7,9,11-12,16H,5,8,10,18H2,1-4H3. The number of amides is 1. The van der Waals surface area contributed by atoms with Gasteiger partial charge in [-0.1, -0.05) is 26.3 Å². The molecular weight excluding hydrogens is 280 g/mol. The van der Waals surface area contributed by atoms with Gasteiger partial charge < -0.3 is 20.1 Å². The summed E-state index contributed by atoms with van der Waals surface area (Å²) in [6.07, 6.45) is 1.66. The van der Waals surface area contributed by atoms with E-state index in [0.29, 0.717) is 0 Å². The molecule has 3 atom stereocenters. The Morgan fingerprint density at radius 3 is 2.68 bits per heavy atom. The van der Waals surface area contributed by atoms with Crippen LogP contribution in [0.15, 0.2) is 18.2 Å². The van der Waals surface area contributed by atoms with Crippen LogP contribution in [0, 0.1) is 5.92 Å². The van der Waals surface area contributed by atoms with Gasteiger partial charge in [-0.15, -0.1) is 0 Å². The Kier molecular flexibility index (Phi) is 5.29. The lowest BCUT2D eigenvalue weighted by Crippen LogP contribution is -2.48. The van der Waals surface area contributed by atoms with Crippen molar-refractivity contribution < 1.29 is 14.3 Å². The molecule has 2 rings (SSSR count). The van der Waals surface area contributed by atoms with Gasteiger partial charge in [0.05, 0.1) is 6.04 Å². The average molecular weight is 306 g/mol. The highest BCUT2D eigenvalue weighted by Gasteiger charge is 2.26. The summed E-state index contributed by atoms with van der Waals surface area (Å²) in [5.41, 5.74) is 7.17. The summed E-state index contributed by atoms with van der Waals surface area (Å²) < 4.78 is 10.7. The minimum atomic E-state index is -0.436. The molecule has 3 unspecified atom stereocenters. The van der Waals surface area contributed by atoms with Crippen molar-refractivity contribution in [2.45, 2.75) is 45.7 Å². The van der Waals surface area contributed by atoms with Crippen molar-refractivity contribution >= 4 is 5.91 Å². The van der Waals surface area contributed by atoms with Crippen molar-refractivity contribution in [1.82, 2.24) is 4.90 Å². The summed E-state index contributed by atoms with van der Waals surface area (Å²) >= 11 is 0. The van der Waals surface area contributed by atoms with E-state index in [9.17, 15) is 4.79 Å². The monoisotopic (exact) mass is 306 g/mol. The summed E-state index contributed by atoms with van der Waals surface area (Å²) in [5, 5.41) is 0. The van der Waals surface area contributed by atoms with Crippen LogP contribution in [0.3, 0.4) is 0 Å². The first-order valence-electron chi connectivity index (χ1n) is 7.84. The van der Waals surface area contributed by atoms with Crippen LogP contribution in [0.2, 0.25) is 0 Å². The number of nitrogens with zero attached hydrogens (tertiary/aromatic N) is 1. The predicted octanol–water partition coefficient (Wildman–Crippen LogP) is 2.18. The third-order valence-corrected chi connectivity index (χ3v) is 4.52. The molecule has 1 aromatic rings. The smallest absolute Gasteiger partial charge is 0.239 e. The van der Waals surface area contributed by atoms with Crippen LogP contribution < -0.4 is 15.2 Å². The van der Waals surface area contributed by atoms with Gasteiger partial charge in [0.2, 0.25) is 12.7 Å². The van der Waals surface area contributed by atoms with E-state index in [1.165, 1.54) is 0 Å². The van der Waals surface area contributed by atoms with Crippen LogP contribution in [0.5, 0.6) is 11.5 Å². The number of nitrogens with two attached hydrogens (primary N) is 1. The summed E-state index contributed by atoms with van der Waals surface area (Å²) in [5.74, 6) is 1.74. The number of likely N-dealkylation sites (N-methyl/N-ethyl adjacent to an activating group) is 1. The Balaban J connectivity index is 1.99. The van der Waals surface area contributed by atoms with Gasteiger partial charge in [-0.3, -0.25) is 4.79 Å². The van der Waals surface area contributed by atoms with Crippen LogP contribution in [0.25, 0.3) is 0 Å². The lowest BCUT2D eigenvalue weighted by Gasteiger charge is -2.29. The molecule has 1 amide bonds. The molecule has 0 bridgehead atoms. The van der Waals surface area contributed by atoms with Crippen LogP contribution in [-0.2, 0) is 11.2 Å². The van der Waals surface area contributed by atoms with Gasteiger partial charge in [-0.05, 0) is 37.0 Å². The molecule has 1 aliphatic heterocycles. The zero-order valence-corrected chi connectivity index (χ0v) is 13.8. The van der Waals surface area contributed by atoms with Crippen LogP contribution in [0.4, 0.5) is 0 Å². The van der Waals surface area contributed by atoms with Crippen molar-refractivity contribution in [2.75, 3.05) is 13.8 Å². The van der Waals surface area contributed by atoms with Gasteiger partial charge in [0.15, 0.2) is 11.5 Å². The Labute approximate surface area is 132 Å². The molecule has 0 fully saturated rings. The lowest BCUT2D eigenvalue weighted by atomic mass is 9.97. The number of fused-ring (bicyclic) bond motifs is 1. The molecule has 0 saturated carbocycles. The Morgan fingerprint density at radius 1 is 1.32 bits per heavy atom. The van der Waals surface area contributed by atoms with E-state index < -0.39 is 6.04 Å². The molecule has 0 radical (unpaired) electrons. The van der Waals surface area contributed by atoms with Gasteiger partial charge in [-0.2, -0.15) is 0 Å². The first kappa shape index (κ1) is 16.6. The van der Waals surface area contributed by atoms with Gasteiger partial charge in [0, 0.05) is 13.1 Å². The molecule has 22 heavy (non-hydrogen) atoms. The highest BCUT2D eigenvalue weighted by Crippen LogP contribution is 2.33. The Hall–Kier alpha value is -1.75. The van der Waals surface area contributed by atoms with Crippen molar-refractivity contribution in [3.63, 3.8) is 0 Å². The fourth-order valence-electron chi connectivity index (χ4n) is 2.50. The van der Waals surface area contributed by atoms with E-state index in [1.807, 2.05) is 46.0 Å². The second-order valence-electron chi connectivity index (χ2n) is 6.10. The topological polar surface area (TPSA) is 64.8 Å². The van der Waals surface area contributed by atoms with Crippen LogP contribution >= 0.6 is 0 Å². The van der Waals surface area contributed by atoms with E-state index in [4.69, 9.17) is 15.2 Å². The van der Waals surface area contributed by atoms with Gasteiger partial charge in [0.1, 0.15) is 0 Å². The summed E-state index contributed by atoms with van der Waals surface area (Å²) in [7, 11) is 1.82. The maximum absolute atomic E-state index is 12.4. The number of hydrogen-bond donors (Lipinski definition) is 1. The highest BCUT2D eigenvalue weighted by atomic mass is 16.7. The maximum Gasteiger partial charge on any atom is 0.239 e. The molecule has 1 heterocycles. The van der Waals surface area contributed by atoms with Gasteiger partial charge in [-0.25, -0.2) is 0 Å². The quantitative estimate of drug-likeness (QED) is 0.875. The minimum absolute atomic E-state index is 0.00240. The van der Waals surface area contributed by atoms with Crippen LogP contribution in [0.1, 0.15) is 32.8 Å². The second kappa shape index (κ2) is 7.01. The molecule has 0 aromatic heterocycles. The fraction of sp³-hybridized carbons (Fsp3) is 0.588. The molecule has 122 valence electrons. The molecule has 1 aliphatic rings. The van der Waals surface area contributed by atoms with Crippen molar-refractivity contribution in [2.24, 2.45) is 11.7 Å². The molecule has 5 nitrogen and oxygen atoms in total. The molecule has 0 aliphatic carbocycles. The summed E-state index contributed by atoms with van der Waals surface area (Å²) in [6.45, 7) is 6.37. The first-order valence-corrected chi connectivity index (χ1v) is 7.84. The second-order valence-corrected chi connectivity index (χ2v) is 6.10. The summed E-state index contributed by atoms with van der Waals surface area (Å²) in [4.78, 5) is 14.2. The van der Waals surface area contributed by atoms with E-state index in [2.05, 4.69) is 0 Å². The van der Waals surface area contributed by atoms with Crippen molar-refractivity contribution in [3.8, 4) is 11.5 Å². The number of carbonyl (C=O) groups excluding carboxylic acids is 1. The number of rotatable bonds is 6. The van der Waals surface area contributed by atoms with Crippen molar-refractivity contribution in [3.05, 3.63) is 23.8 Å². The van der Waals surface area contributed by atoms with Crippen LogP contribution in [-0.4, -0.2) is 36.7 Å². The van der Waals surface area contributed by atoms with E-state index in [1.54, 1.807) is 4.90 Å². The molecule has 1 aromatic carbocycles. The normalized spacial score (nSPS) is 17.0. The first-order chi connectivity index (χ1) is 10.4. The third kappa shape index (κ3) is 3.53. The van der Waals surface area contributed by atoms with E-state index >= 15 is 0 Å². The molecule has 2 N–H and O–H groups in total. The van der Waals surface area contributed by atoms with Crippen molar-refractivity contribution in [1.29, 1.82) is 0 Å². The zero-order valence-electron chi connectivity index (χ0n) is 13.8. The van der Waals surface area contributed by atoms with Gasteiger partial charge in [0.25, 0.3) is 0 Å². The molecule has 0 spiro atoms. The average Bonchev–Trinajstić information content (AvgIpc) is 2.99. The largest absolute Gasteiger partial charge is 0.454 e. The molecule has 0 saturated heterocycles. The number of ether oxygens (including phenoxy) is 2. The zero-order chi connectivity index (χ0) is 16.3. The number of benzene rings is 1. The van der Waals surface area contributed by atoms with E-state index in [0.717, 1.165) is 29.9 Å². The Bertz CT molecular complexity index is 533. The van der Waals surface area contributed by atoms with E-state index in [-0.39, 0.29) is 24.7 Å². The molecule has 5 heteroatoms. The third-order valence-electron chi connectivity index (χ3n) is 4.52.